The van der Waals surface area contributed by atoms with Crippen molar-refractivity contribution in [2.45, 2.75) is 39.3 Å². The molecule has 1 rings (SSSR count). The minimum Gasteiger partial charge on any atom is -0.459 e. The van der Waals surface area contributed by atoms with Crippen molar-refractivity contribution < 1.29 is 9.53 Å². The van der Waals surface area contributed by atoms with Gasteiger partial charge in [0, 0.05) is 19.1 Å². The van der Waals surface area contributed by atoms with E-state index in [1.807, 2.05) is 20.8 Å². The molecular formula is C11H22N2O2. The molecule has 88 valence electrons. The highest BCUT2D eigenvalue weighted by molar-refractivity contribution is 5.72. The van der Waals surface area contributed by atoms with Crippen molar-refractivity contribution in [3.63, 3.8) is 0 Å². The van der Waals surface area contributed by atoms with Crippen LogP contribution in [0.2, 0.25) is 0 Å². The molecular weight excluding hydrogens is 192 g/mol. The van der Waals surface area contributed by atoms with Gasteiger partial charge < -0.3 is 10.5 Å². The van der Waals surface area contributed by atoms with Gasteiger partial charge in [0.2, 0.25) is 0 Å². The highest BCUT2D eigenvalue weighted by Crippen LogP contribution is 2.15. The van der Waals surface area contributed by atoms with Crippen molar-refractivity contribution in [2.24, 2.45) is 11.7 Å². The number of hydrogen-bond donors (Lipinski definition) is 1. The highest BCUT2D eigenvalue weighted by Gasteiger charge is 2.28. The molecule has 0 aromatic carbocycles. The molecule has 0 saturated carbocycles. The lowest BCUT2D eigenvalue weighted by molar-refractivity contribution is -0.155. The molecule has 2 unspecified atom stereocenters. The number of carbonyl (C=O) groups excluding carboxylic acids is 1. The van der Waals surface area contributed by atoms with E-state index in [4.69, 9.17) is 10.5 Å². The Morgan fingerprint density at radius 2 is 2.07 bits per heavy atom. The van der Waals surface area contributed by atoms with Crippen LogP contribution in [0, 0.1) is 5.92 Å². The standard InChI is InChI=1S/C11H22N2O2/c1-8-5-13(6-9(8)12)7-10(14)15-11(2,3)4/h8-9H,5-7,12H2,1-4H3. The third-order valence-corrected chi connectivity index (χ3v) is 2.52. The molecule has 1 saturated heterocycles. The predicted molar refractivity (Wildman–Crippen MR) is 59.4 cm³/mol. The van der Waals surface area contributed by atoms with Gasteiger partial charge in [-0.15, -0.1) is 0 Å². The van der Waals surface area contributed by atoms with E-state index in [2.05, 4.69) is 11.8 Å². The molecule has 1 fully saturated rings. The Balaban J connectivity index is 2.34. The van der Waals surface area contributed by atoms with E-state index in [-0.39, 0.29) is 12.0 Å². The molecule has 0 aromatic heterocycles. The van der Waals surface area contributed by atoms with Crippen molar-refractivity contribution in [2.75, 3.05) is 19.6 Å². The van der Waals surface area contributed by atoms with Gasteiger partial charge in [0.1, 0.15) is 5.60 Å². The molecule has 0 aliphatic carbocycles. The molecule has 0 aromatic rings. The van der Waals surface area contributed by atoms with Crippen LogP contribution in [-0.2, 0) is 9.53 Å². The monoisotopic (exact) mass is 214 g/mol. The van der Waals surface area contributed by atoms with Crippen molar-refractivity contribution in [3.8, 4) is 0 Å². The van der Waals surface area contributed by atoms with Crippen LogP contribution in [0.3, 0.4) is 0 Å². The third kappa shape index (κ3) is 4.18. The summed E-state index contributed by atoms with van der Waals surface area (Å²) in [4.78, 5) is 13.6. The smallest absolute Gasteiger partial charge is 0.320 e. The summed E-state index contributed by atoms with van der Waals surface area (Å²) in [6, 6.07) is 0.187. The SMILES string of the molecule is CC1CN(CC(=O)OC(C)(C)C)CC1N. The summed E-state index contributed by atoms with van der Waals surface area (Å²) >= 11 is 0. The Morgan fingerprint density at radius 1 is 1.47 bits per heavy atom. The van der Waals surface area contributed by atoms with Gasteiger partial charge in [-0.05, 0) is 26.7 Å². The largest absolute Gasteiger partial charge is 0.459 e. The summed E-state index contributed by atoms with van der Waals surface area (Å²) in [5, 5.41) is 0. The molecule has 4 heteroatoms. The summed E-state index contributed by atoms with van der Waals surface area (Å²) in [5.41, 5.74) is 5.48. The second kappa shape index (κ2) is 4.49. The molecule has 1 aliphatic heterocycles. The number of ether oxygens (including phenoxy) is 1. The average molecular weight is 214 g/mol. The molecule has 15 heavy (non-hydrogen) atoms. The number of hydrogen-bond acceptors (Lipinski definition) is 4. The number of rotatable bonds is 2. The molecule has 0 radical (unpaired) electrons. The van der Waals surface area contributed by atoms with Crippen LogP contribution in [0.15, 0.2) is 0 Å². The fraction of sp³-hybridized carbons (Fsp3) is 0.909. The number of carbonyl (C=O) groups is 1. The normalized spacial score (nSPS) is 28.1. The van der Waals surface area contributed by atoms with Crippen molar-refractivity contribution in [3.05, 3.63) is 0 Å². The zero-order chi connectivity index (χ0) is 11.6. The average Bonchev–Trinajstić information content (AvgIpc) is 2.26. The Kier molecular flexibility index (Phi) is 3.73. The quantitative estimate of drug-likeness (QED) is 0.684. The maximum Gasteiger partial charge on any atom is 0.320 e. The van der Waals surface area contributed by atoms with Crippen LogP contribution in [0.1, 0.15) is 27.7 Å². The first-order valence-electron chi connectivity index (χ1n) is 5.48. The van der Waals surface area contributed by atoms with Crippen LogP contribution in [0.5, 0.6) is 0 Å². The maximum atomic E-state index is 11.5. The minimum atomic E-state index is -0.398. The number of esters is 1. The molecule has 2 atom stereocenters. The van der Waals surface area contributed by atoms with E-state index < -0.39 is 5.60 Å². The Morgan fingerprint density at radius 3 is 2.47 bits per heavy atom. The fourth-order valence-electron chi connectivity index (χ4n) is 1.78. The second-order valence-corrected chi connectivity index (χ2v) is 5.42. The van der Waals surface area contributed by atoms with E-state index >= 15 is 0 Å². The molecule has 0 spiro atoms. The molecule has 1 heterocycles. The summed E-state index contributed by atoms with van der Waals surface area (Å²) < 4.78 is 5.25. The lowest BCUT2D eigenvalue weighted by Gasteiger charge is -2.22. The third-order valence-electron chi connectivity index (χ3n) is 2.52. The zero-order valence-electron chi connectivity index (χ0n) is 10.1. The van der Waals surface area contributed by atoms with Crippen molar-refractivity contribution in [1.29, 1.82) is 0 Å². The van der Waals surface area contributed by atoms with E-state index in [0.29, 0.717) is 12.5 Å². The van der Waals surface area contributed by atoms with E-state index in [0.717, 1.165) is 13.1 Å². The molecule has 4 nitrogen and oxygen atoms in total. The first-order chi connectivity index (χ1) is 6.78. The Hall–Kier alpha value is -0.610. The van der Waals surface area contributed by atoms with Gasteiger partial charge in [-0.1, -0.05) is 6.92 Å². The predicted octanol–water partition coefficient (Wildman–Crippen LogP) is 0.607. The number of nitrogens with zero attached hydrogens (tertiary/aromatic N) is 1. The van der Waals surface area contributed by atoms with E-state index in [1.165, 1.54) is 0 Å². The second-order valence-electron chi connectivity index (χ2n) is 5.42. The summed E-state index contributed by atoms with van der Waals surface area (Å²) in [7, 11) is 0. The lowest BCUT2D eigenvalue weighted by Crippen LogP contribution is -2.35. The van der Waals surface area contributed by atoms with Crippen LogP contribution >= 0.6 is 0 Å². The van der Waals surface area contributed by atoms with Gasteiger partial charge in [0.15, 0.2) is 0 Å². The van der Waals surface area contributed by atoms with Gasteiger partial charge in [-0.2, -0.15) is 0 Å². The maximum absolute atomic E-state index is 11.5. The van der Waals surface area contributed by atoms with E-state index in [1.54, 1.807) is 0 Å². The van der Waals surface area contributed by atoms with Gasteiger partial charge in [-0.3, -0.25) is 9.69 Å². The van der Waals surface area contributed by atoms with Gasteiger partial charge in [0.25, 0.3) is 0 Å². The van der Waals surface area contributed by atoms with Crippen LogP contribution in [0.4, 0.5) is 0 Å². The first kappa shape index (κ1) is 12.5. The van der Waals surface area contributed by atoms with Gasteiger partial charge in [0.05, 0.1) is 6.54 Å². The number of likely N-dealkylation sites (tertiary alicyclic amines) is 1. The van der Waals surface area contributed by atoms with E-state index in [9.17, 15) is 4.79 Å². The summed E-state index contributed by atoms with van der Waals surface area (Å²) in [6.45, 7) is 9.78. The van der Waals surface area contributed by atoms with Gasteiger partial charge in [-0.25, -0.2) is 0 Å². The molecule has 1 aliphatic rings. The topological polar surface area (TPSA) is 55.6 Å². The first-order valence-corrected chi connectivity index (χ1v) is 5.48. The molecule has 0 bridgehead atoms. The zero-order valence-corrected chi connectivity index (χ0v) is 10.1. The van der Waals surface area contributed by atoms with Crippen LogP contribution in [0.25, 0.3) is 0 Å². The summed E-state index contributed by atoms with van der Waals surface area (Å²) in [6.07, 6.45) is 0. The van der Waals surface area contributed by atoms with Gasteiger partial charge >= 0.3 is 5.97 Å². The Bertz CT molecular complexity index is 225. The lowest BCUT2D eigenvalue weighted by atomic mass is 10.1. The molecule has 0 amide bonds. The van der Waals surface area contributed by atoms with Crippen molar-refractivity contribution in [1.82, 2.24) is 4.90 Å². The highest BCUT2D eigenvalue weighted by atomic mass is 16.6. The van der Waals surface area contributed by atoms with Crippen LogP contribution in [-0.4, -0.2) is 42.1 Å². The Labute approximate surface area is 91.8 Å². The molecule has 2 N–H and O–H groups in total. The number of nitrogens with two attached hydrogens (primary N) is 1. The van der Waals surface area contributed by atoms with Crippen LogP contribution < -0.4 is 5.73 Å². The summed E-state index contributed by atoms with van der Waals surface area (Å²) in [5.74, 6) is 0.302. The fourth-order valence-corrected chi connectivity index (χ4v) is 1.78. The minimum absolute atomic E-state index is 0.163. The van der Waals surface area contributed by atoms with Crippen molar-refractivity contribution >= 4 is 5.97 Å².